The first-order valence-corrected chi connectivity index (χ1v) is 6.40. The summed E-state index contributed by atoms with van der Waals surface area (Å²) in [5, 5.41) is 0. The second-order valence-corrected chi connectivity index (χ2v) is 4.90. The van der Waals surface area contributed by atoms with Crippen molar-refractivity contribution in [3.63, 3.8) is 0 Å². The Labute approximate surface area is 97.7 Å². The van der Waals surface area contributed by atoms with Gasteiger partial charge in [0.1, 0.15) is 0 Å². The monoisotopic (exact) mass is 210 g/mol. The smallest absolute Gasteiger partial charge is 0.00552 e. The SMILES string of the molecule is C1=C(c2ccccc2)CC2=C1CCCCC2. The van der Waals surface area contributed by atoms with E-state index in [2.05, 4.69) is 36.4 Å². The van der Waals surface area contributed by atoms with E-state index >= 15 is 0 Å². The quantitative estimate of drug-likeness (QED) is 0.628. The number of rotatable bonds is 1. The van der Waals surface area contributed by atoms with Crippen LogP contribution in [0.25, 0.3) is 5.57 Å². The Morgan fingerprint density at radius 2 is 1.62 bits per heavy atom. The van der Waals surface area contributed by atoms with E-state index in [4.69, 9.17) is 0 Å². The second kappa shape index (κ2) is 4.29. The van der Waals surface area contributed by atoms with E-state index in [0.717, 1.165) is 0 Å². The zero-order valence-electron chi connectivity index (χ0n) is 9.71. The maximum atomic E-state index is 2.45. The zero-order valence-corrected chi connectivity index (χ0v) is 9.71. The average Bonchev–Trinajstić information content (AvgIpc) is 2.62. The van der Waals surface area contributed by atoms with Crippen LogP contribution in [0.3, 0.4) is 0 Å². The third-order valence-corrected chi connectivity index (χ3v) is 3.78. The van der Waals surface area contributed by atoms with Gasteiger partial charge >= 0.3 is 0 Å². The topological polar surface area (TPSA) is 0 Å². The fourth-order valence-corrected chi connectivity index (χ4v) is 2.87. The molecule has 0 spiro atoms. The summed E-state index contributed by atoms with van der Waals surface area (Å²) in [6, 6.07) is 10.8. The molecule has 82 valence electrons. The predicted octanol–water partition coefficient (Wildman–Crippen LogP) is 4.73. The summed E-state index contributed by atoms with van der Waals surface area (Å²) in [6.07, 6.45) is 10.5. The van der Waals surface area contributed by atoms with Crippen molar-refractivity contribution in [2.24, 2.45) is 0 Å². The summed E-state index contributed by atoms with van der Waals surface area (Å²) < 4.78 is 0. The van der Waals surface area contributed by atoms with E-state index < -0.39 is 0 Å². The first kappa shape index (κ1) is 9.89. The summed E-state index contributed by atoms with van der Waals surface area (Å²) in [5.41, 5.74) is 6.32. The van der Waals surface area contributed by atoms with Crippen LogP contribution in [0.5, 0.6) is 0 Å². The number of hydrogen-bond donors (Lipinski definition) is 0. The van der Waals surface area contributed by atoms with Crippen LogP contribution in [0.15, 0.2) is 47.6 Å². The molecule has 0 atom stereocenters. The van der Waals surface area contributed by atoms with Gasteiger partial charge in [-0.2, -0.15) is 0 Å². The summed E-state index contributed by atoms with van der Waals surface area (Å²) in [6.45, 7) is 0. The van der Waals surface area contributed by atoms with E-state index in [9.17, 15) is 0 Å². The summed E-state index contributed by atoms with van der Waals surface area (Å²) in [7, 11) is 0. The van der Waals surface area contributed by atoms with Crippen LogP contribution in [0.2, 0.25) is 0 Å². The molecule has 0 unspecified atom stereocenters. The Morgan fingerprint density at radius 1 is 0.812 bits per heavy atom. The summed E-state index contributed by atoms with van der Waals surface area (Å²) in [5.74, 6) is 0. The molecular weight excluding hydrogens is 192 g/mol. The van der Waals surface area contributed by atoms with Crippen molar-refractivity contribution < 1.29 is 0 Å². The van der Waals surface area contributed by atoms with E-state index in [0.29, 0.717) is 0 Å². The van der Waals surface area contributed by atoms with Gasteiger partial charge in [-0.1, -0.05) is 48.4 Å². The molecule has 1 aromatic carbocycles. The Kier molecular flexibility index (Phi) is 2.65. The molecular formula is C16H18. The third-order valence-electron chi connectivity index (χ3n) is 3.78. The van der Waals surface area contributed by atoms with Gasteiger partial charge in [-0.15, -0.1) is 0 Å². The van der Waals surface area contributed by atoms with Gasteiger partial charge in [-0.25, -0.2) is 0 Å². The molecule has 0 N–H and O–H groups in total. The molecule has 0 nitrogen and oxygen atoms in total. The standard InChI is InChI=1S/C16H18/c1-3-7-13(8-4-1)16-11-14-9-5-2-6-10-15(14)12-16/h1,3-4,7-8,11H,2,5-6,9-10,12H2. The van der Waals surface area contributed by atoms with Crippen molar-refractivity contribution in [1.82, 2.24) is 0 Å². The van der Waals surface area contributed by atoms with Gasteiger partial charge in [0.2, 0.25) is 0 Å². The number of hydrogen-bond acceptors (Lipinski definition) is 0. The zero-order chi connectivity index (χ0) is 10.8. The highest BCUT2D eigenvalue weighted by atomic mass is 14.2. The molecule has 2 aliphatic carbocycles. The van der Waals surface area contributed by atoms with Gasteiger partial charge in [0.05, 0.1) is 0 Å². The first-order chi connectivity index (χ1) is 7.93. The average molecular weight is 210 g/mol. The molecule has 2 aliphatic rings. The fourth-order valence-electron chi connectivity index (χ4n) is 2.87. The van der Waals surface area contributed by atoms with Crippen LogP contribution in [-0.2, 0) is 0 Å². The molecule has 16 heavy (non-hydrogen) atoms. The van der Waals surface area contributed by atoms with Gasteiger partial charge in [-0.05, 0) is 48.8 Å². The van der Waals surface area contributed by atoms with Crippen molar-refractivity contribution in [3.8, 4) is 0 Å². The molecule has 0 saturated carbocycles. The van der Waals surface area contributed by atoms with Crippen LogP contribution < -0.4 is 0 Å². The lowest BCUT2D eigenvalue weighted by molar-refractivity contribution is 0.705. The van der Waals surface area contributed by atoms with Gasteiger partial charge in [-0.3, -0.25) is 0 Å². The lowest BCUT2D eigenvalue weighted by atomic mass is 10.0. The summed E-state index contributed by atoms with van der Waals surface area (Å²) in [4.78, 5) is 0. The Hall–Kier alpha value is -1.30. The van der Waals surface area contributed by atoms with Gasteiger partial charge in [0.15, 0.2) is 0 Å². The molecule has 0 aromatic heterocycles. The van der Waals surface area contributed by atoms with Crippen molar-refractivity contribution in [1.29, 1.82) is 0 Å². The number of allylic oxidation sites excluding steroid dienone is 4. The molecule has 0 saturated heterocycles. The normalized spacial score (nSPS) is 20.4. The van der Waals surface area contributed by atoms with Gasteiger partial charge < -0.3 is 0 Å². The van der Waals surface area contributed by atoms with E-state index in [1.54, 1.807) is 11.1 Å². The van der Waals surface area contributed by atoms with Crippen LogP contribution in [-0.4, -0.2) is 0 Å². The van der Waals surface area contributed by atoms with Crippen molar-refractivity contribution in [2.45, 2.75) is 38.5 Å². The van der Waals surface area contributed by atoms with Crippen molar-refractivity contribution in [2.75, 3.05) is 0 Å². The largest absolute Gasteiger partial charge is 0.0626 e. The van der Waals surface area contributed by atoms with Crippen LogP contribution in [0.4, 0.5) is 0 Å². The lowest BCUT2D eigenvalue weighted by Gasteiger charge is -2.04. The van der Waals surface area contributed by atoms with E-state index in [1.807, 2.05) is 0 Å². The predicted molar refractivity (Wildman–Crippen MR) is 69.1 cm³/mol. The van der Waals surface area contributed by atoms with Gasteiger partial charge in [0, 0.05) is 0 Å². The Bertz CT molecular complexity index is 434. The molecule has 1 aromatic rings. The highest BCUT2D eigenvalue weighted by Crippen LogP contribution is 2.38. The van der Waals surface area contributed by atoms with E-state index in [1.165, 1.54) is 49.7 Å². The maximum Gasteiger partial charge on any atom is -0.00552 e. The minimum Gasteiger partial charge on any atom is -0.0626 e. The van der Waals surface area contributed by atoms with Crippen LogP contribution >= 0.6 is 0 Å². The molecule has 3 rings (SSSR count). The lowest BCUT2D eigenvalue weighted by Crippen LogP contribution is -1.84. The minimum absolute atomic E-state index is 1.21. The molecule has 0 radical (unpaired) electrons. The minimum atomic E-state index is 1.21. The Balaban J connectivity index is 1.85. The second-order valence-electron chi connectivity index (χ2n) is 4.90. The van der Waals surface area contributed by atoms with Crippen LogP contribution in [0.1, 0.15) is 44.1 Å². The fraction of sp³-hybridized carbons (Fsp3) is 0.375. The highest BCUT2D eigenvalue weighted by molar-refractivity contribution is 5.74. The van der Waals surface area contributed by atoms with Gasteiger partial charge in [0.25, 0.3) is 0 Å². The molecule has 0 amide bonds. The van der Waals surface area contributed by atoms with Crippen LogP contribution in [0, 0.1) is 0 Å². The molecule has 0 aliphatic heterocycles. The molecule has 0 bridgehead atoms. The van der Waals surface area contributed by atoms with E-state index in [-0.39, 0.29) is 0 Å². The molecule has 0 heterocycles. The number of benzene rings is 1. The Morgan fingerprint density at radius 3 is 2.50 bits per heavy atom. The summed E-state index contributed by atoms with van der Waals surface area (Å²) >= 11 is 0. The highest BCUT2D eigenvalue weighted by Gasteiger charge is 2.18. The maximum absolute atomic E-state index is 2.45. The van der Waals surface area contributed by atoms with Crippen molar-refractivity contribution >= 4 is 5.57 Å². The third kappa shape index (κ3) is 1.84. The first-order valence-electron chi connectivity index (χ1n) is 6.40. The molecule has 0 heteroatoms. The van der Waals surface area contributed by atoms with Crippen molar-refractivity contribution in [3.05, 3.63) is 53.1 Å². The molecule has 0 fully saturated rings.